The van der Waals surface area contributed by atoms with Gasteiger partial charge in [0, 0.05) is 41.8 Å². The number of carbonyl (C=O) groups excluding carboxylic acids is 1. The number of thioether (sulfide) groups is 1. The lowest BCUT2D eigenvalue weighted by Gasteiger charge is -2.10. The Morgan fingerprint density at radius 1 is 1.48 bits per heavy atom. The number of carbonyl (C=O) groups is 1. The number of amides is 1. The molecule has 4 nitrogen and oxygen atoms in total. The molecule has 1 aliphatic rings. The predicted molar refractivity (Wildman–Crippen MR) is 88.6 cm³/mol. The van der Waals surface area contributed by atoms with Crippen LogP contribution in [-0.4, -0.2) is 34.7 Å². The molecule has 112 valence electrons. The molecule has 0 radical (unpaired) electrons. The summed E-state index contributed by atoms with van der Waals surface area (Å²) in [5.41, 5.74) is 3.87. The summed E-state index contributed by atoms with van der Waals surface area (Å²) in [6, 6.07) is 8.42. The van der Waals surface area contributed by atoms with Crippen LogP contribution in [0.15, 0.2) is 24.3 Å². The largest absolute Gasteiger partial charge is 0.354 e. The Kier molecular flexibility index (Phi) is 4.22. The normalized spacial score (nSPS) is 18.3. The van der Waals surface area contributed by atoms with Gasteiger partial charge in [-0.15, -0.1) is 11.8 Å². The smallest absolute Gasteiger partial charge is 0.238 e. The van der Waals surface area contributed by atoms with E-state index >= 15 is 0 Å². The number of rotatable bonds is 4. The van der Waals surface area contributed by atoms with E-state index in [2.05, 4.69) is 53.4 Å². The number of fused-ring (bicyclic) bond motifs is 1. The van der Waals surface area contributed by atoms with E-state index in [4.69, 9.17) is 0 Å². The summed E-state index contributed by atoms with van der Waals surface area (Å²) >= 11 is 1.77. The van der Waals surface area contributed by atoms with Crippen molar-refractivity contribution in [1.82, 2.24) is 15.2 Å². The minimum atomic E-state index is -0.0244. The second kappa shape index (κ2) is 6.12. The van der Waals surface area contributed by atoms with E-state index in [1.807, 2.05) is 0 Å². The third-order valence-corrected chi connectivity index (χ3v) is 5.18. The zero-order valence-electron chi connectivity index (χ0n) is 12.5. The number of aryl methyl sites for hydroxylation is 1. The van der Waals surface area contributed by atoms with Gasteiger partial charge in [-0.3, -0.25) is 10.1 Å². The van der Waals surface area contributed by atoms with E-state index < -0.39 is 0 Å². The average molecular weight is 303 g/mol. The quantitative estimate of drug-likeness (QED) is 0.905. The lowest BCUT2D eigenvalue weighted by Crippen LogP contribution is -2.42. The second-order valence-corrected chi connectivity index (χ2v) is 6.48. The molecule has 3 rings (SSSR count). The van der Waals surface area contributed by atoms with Crippen LogP contribution in [0.4, 0.5) is 0 Å². The summed E-state index contributed by atoms with van der Waals surface area (Å²) in [5.74, 6) is 1.87. The van der Waals surface area contributed by atoms with E-state index in [1.54, 1.807) is 11.8 Å². The van der Waals surface area contributed by atoms with Gasteiger partial charge in [-0.1, -0.05) is 18.2 Å². The molecule has 1 aliphatic heterocycles. The highest BCUT2D eigenvalue weighted by atomic mass is 32.2. The van der Waals surface area contributed by atoms with Crippen molar-refractivity contribution < 1.29 is 4.79 Å². The maximum Gasteiger partial charge on any atom is 0.238 e. The van der Waals surface area contributed by atoms with Gasteiger partial charge in [0.15, 0.2) is 0 Å². The predicted octanol–water partition coefficient (Wildman–Crippen LogP) is 1.81. The summed E-state index contributed by atoms with van der Waals surface area (Å²) in [6.45, 7) is 2.84. The van der Waals surface area contributed by atoms with Crippen LogP contribution in [0, 0.1) is 6.92 Å². The third-order valence-electron chi connectivity index (χ3n) is 4.24. The molecule has 2 aromatic rings. The molecule has 0 spiro atoms. The lowest BCUT2D eigenvalue weighted by molar-refractivity contribution is -0.122. The van der Waals surface area contributed by atoms with E-state index in [9.17, 15) is 4.79 Å². The number of benzene rings is 1. The van der Waals surface area contributed by atoms with Crippen molar-refractivity contribution in [2.45, 2.75) is 19.4 Å². The van der Waals surface area contributed by atoms with Crippen molar-refractivity contribution in [3.05, 3.63) is 35.5 Å². The standard InChI is InChI=1S/C16H21N3OS/c1-11-12(13-5-3-4-6-15(13)19(11)2)7-8-17-16(20)14-9-21-10-18-14/h3-6,14,18H,7-10H2,1-2H3,(H,17,20). The first-order chi connectivity index (χ1) is 10.2. The SMILES string of the molecule is Cc1c(CCNC(=O)C2CSCN2)c2ccccc2n1C. The molecule has 2 heterocycles. The number of aromatic nitrogens is 1. The first kappa shape index (κ1) is 14.5. The topological polar surface area (TPSA) is 46.1 Å². The zero-order valence-corrected chi connectivity index (χ0v) is 13.3. The highest BCUT2D eigenvalue weighted by Gasteiger charge is 2.22. The fourth-order valence-electron chi connectivity index (χ4n) is 2.91. The molecule has 1 unspecified atom stereocenters. The Morgan fingerprint density at radius 2 is 2.29 bits per heavy atom. The van der Waals surface area contributed by atoms with Gasteiger partial charge in [0.25, 0.3) is 0 Å². The van der Waals surface area contributed by atoms with Gasteiger partial charge in [-0.05, 0) is 25.0 Å². The van der Waals surface area contributed by atoms with Crippen LogP contribution < -0.4 is 10.6 Å². The van der Waals surface area contributed by atoms with Crippen LogP contribution in [0.1, 0.15) is 11.3 Å². The molecule has 0 bridgehead atoms. The molecule has 1 saturated heterocycles. The molecule has 2 N–H and O–H groups in total. The summed E-state index contributed by atoms with van der Waals surface area (Å²) in [7, 11) is 2.10. The van der Waals surface area contributed by atoms with Gasteiger partial charge in [0.1, 0.15) is 0 Å². The summed E-state index contributed by atoms with van der Waals surface area (Å²) in [5, 5.41) is 7.54. The maximum atomic E-state index is 12.0. The van der Waals surface area contributed by atoms with Crippen molar-refractivity contribution in [3.63, 3.8) is 0 Å². The van der Waals surface area contributed by atoms with Gasteiger partial charge in [0.2, 0.25) is 5.91 Å². The van der Waals surface area contributed by atoms with Crippen molar-refractivity contribution in [3.8, 4) is 0 Å². The number of hydrogen-bond acceptors (Lipinski definition) is 3. The van der Waals surface area contributed by atoms with Crippen LogP contribution in [0.5, 0.6) is 0 Å². The first-order valence-corrected chi connectivity index (χ1v) is 8.45. The van der Waals surface area contributed by atoms with Crippen molar-refractivity contribution in [2.24, 2.45) is 7.05 Å². The van der Waals surface area contributed by atoms with E-state index in [0.717, 1.165) is 18.1 Å². The van der Waals surface area contributed by atoms with Gasteiger partial charge in [-0.25, -0.2) is 0 Å². The van der Waals surface area contributed by atoms with Crippen LogP contribution in [0.25, 0.3) is 10.9 Å². The highest BCUT2D eigenvalue weighted by Crippen LogP contribution is 2.24. The summed E-state index contributed by atoms with van der Waals surface area (Å²) < 4.78 is 2.22. The summed E-state index contributed by atoms with van der Waals surface area (Å²) in [4.78, 5) is 12.0. The first-order valence-electron chi connectivity index (χ1n) is 7.30. The van der Waals surface area contributed by atoms with Crippen molar-refractivity contribution in [2.75, 3.05) is 18.2 Å². The third kappa shape index (κ3) is 2.80. The molecule has 21 heavy (non-hydrogen) atoms. The molecule has 1 aromatic heterocycles. The molecule has 1 atom stereocenters. The van der Waals surface area contributed by atoms with E-state index in [-0.39, 0.29) is 11.9 Å². The highest BCUT2D eigenvalue weighted by molar-refractivity contribution is 7.99. The Balaban J connectivity index is 1.68. The minimum absolute atomic E-state index is 0.0244. The van der Waals surface area contributed by atoms with Gasteiger partial charge in [0.05, 0.1) is 6.04 Å². The molecular weight excluding hydrogens is 282 g/mol. The molecule has 1 amide bonds. The van der Waals surface area contributed by atoms with Crippen LogP contribution in [0.2, 0.25) is 0 Å². The fraction of sp³-hybridized carbons (Fsp3) is 0.438. The zero-order chi connectivity index (χ0) is 14.8. The molecular formula is C16H21N3OS. The Hall–Kier alpha value is -1.46. The molecule has 0 saturated carbocycles. The monoisotopic (exact) mass is 303 g/mol. The molecule has 5 heteroatoms. The maximum absolute atomic E-state index is 12.0. The average Bonchev–Trinajstić information content (AvgIpc) is 3.11. The minimum Gasteiger partial charge on any atom is -0.354 e. The number of nitrogens with one attached hydrogen (secondary N) is 2. The van der Waals surface area contributed by atoms with Gasteiger partial charge in [-0.2, -0.15) is 0 Å². The van der Waals surface area contributed by atoms with Crippen LogP contribution >= 0.6 is 11.8 Å². The molecule has 1 aromatic carbocycles. The Bertz CT molecular complexity index is 659. The molecule has 0 aliphatic carbocycles. The van der Waals surface area contributed by atoms with Crippen LogP contribution in [-0.2, 0) is 18.3 Å². The lowest BCUT2D eigenvalue weighted by atomic mass is 10.1. The summed E-state index contributed by atoms with van der Waals surface area (Å²) in [6.07, 6.45) is 0.874. The van der Waals surface area contributed by atoms with E-state index in [0.29, 0.717) is 6.54 Å². The Labute approximate surface area is 129 Å². The van der Waals surface area contributed by atoms with Crippen LogP contribution in [0.3, 0.4) is 0 Å². The Morgan fingerprint density at radius 3 is 3.05 bits per heavy atom. The van der Waals surface area contributed by atoms with Gasteiger partial charge >= 0.3 is 0 Å². The molecule has 1 fully saturated rings. The van der Waals surface area contributed by atoms with Crippen molar-refractivity contribution in [1.29, 1.82) is 0 Å². The van der Waals surface area contributed by atoms with E-state index in [1.165, 1.54) is 22.2 Å². The van der Waals surface area contributed by atoms with Crippen molar-refractivity contribution >= 4 is 28.6 Å². The second-order valence-electron chi connectivity index (χ2n) is 5.45. The fourth-order valence-corrected chi connectivity index (χ4v) is 3.85. The number of nitrogens with zero attached hydrogens (tertiary/aromatic N) is 1. The number of hydrogen-bond donors (Lipinski definition) is 2. The number of para-hydroxylation sites is 1. The van der Waals surface area contributed by atoms with Gasteiger partial charge < -0.3 is 9.88 Å².